The highest BCUT2D eigenvalue weighted by Gasteiger charge is 2.14. The van der Waals surface area contributed by atoms with Gasteiger partial charge in [0.25, 0.3) is 5.56 Å². The largest absolute Gasteiger partial charge is 0.493 e. The highest BCUT2D eigenvalue weighted by molar-refractivity contribution is 7.13. The van der Waals surface area contributed by atoms with Gasteiger partial charge >= 0.3 is 0 Å². The lowest BCUT2D eigenvalue weighted by molar-refractivity contribution is 0.440. The molecule has 0 aliphatic carbocycles. The smallest absolute Gasteiger partial charge is 0.258 e. The Balaban J connectivity index is 2.58. The topological polar surface area (TPSA) is 66.0 Å². The molecule has 0 bridgehead atoms. The van der Waals surface area contributed by atoms with Crippen molar-refractivity contribution in [3.8, 4) is 16.6 Å². The van der Waals surface area contributed by atoms with E-state index in [1.54, 1.807) is 0 Å². The van der Waals surface area contributed by atoms with Gasteiger partial charge in [-0.25, -0.2) is 0 Å². The number of nitrogens with zero attached hydrogens (tertiary/aromatic N) is 1. The zero-order valence-corrected chi connectivity index (χ0v) is 9.84. The summed E-state index contributed by atoms with van der Waals surface area (Å²) in [4.78, 5) is 19.3. The van der Waals surface area contributed by atoms with E-state index in [1.807, 2.05) is 31.4 Å². The molecule has 2 aromatic rings. The van der Waals surface area contributed by atoms with Gasteiger partial charge in [-0.15, -0.1) is 11.3 Å². The van der Waals surface area contributed by atoms with E-state index in [9.17, 15) is 9.90 Å². The molecule has 0 unspecified atom stereocenters. The molecule has 5 heteroatoms. The minimum atomic E-state index is -0.272. The molecular weight excluding hydrogens is 224 g/mol. The van der Waals surface area contributed by atoms with E-state index in [-0.39, 0.29) is 17.4 Å². The zero-order valence-electron chi connectivity index (χ0n) is 9.02. The predicted molar refractivity (Wildman–Crippen MR) is 63.9 cm³/mol. The Morgan fingerprint density at radius 2 is 2.25 bits per heavy atom. The monoisotopic (exact) mass is 236 g/mol. The van der Waals surface area contributed by atoms with Crippen LogP contribution in [0.5, 0.6) is 5.88 Å². The van der Waals surface area contributed by atoms with Crippen LogP contribution in [0.1, 0.15) is 25.3 Å². The molecular formula is C11H12N2O2S. The van der Waals surface area contributed by atoms with Crippen molar-refractivity contribution >= 4 is 11.3 Å². The van der Waals surface area contributed by atoms with Crippen LogP contribution < -0.4 is 5.56 Å². The quantitative estimate of drug-likeness (QED) is 0.841. The number of aromatic hydroxyl groups is 1. The normalized spacial score (nSPS) is 10.9. The molecule has 0 aromatic carbocycles. The second kappa shape index (κ2) is 4.09. The number of hydrogen-bond donors (Lipinski definition) is 2. The lowest BCUT2D eigenvalue weighted by atomic mass is 10.1. The Labute approximate surface area is 96.6 Å². The number of rotatable bonds is 2. The predicted octanol–water partition coefficient (Wildman–Crippen LogP) is 2.33. The van der Waals surface area contributed by atoms with Gasteiger partial charge in [0.1, 0.15) is 0 Å². The first-order valence-corrected chi connectivity index (χ1v) is 5.84. The number of hydrogen-bond acceptors (Lipinski definition) is 4. The molecule has 0 saturated carbocycles. The molecule has 0 spiro atoms. The van der Waals surface area contributed by atoms with Gasteiger partial charge in [-0.1, -0.05) is 19.9 Å². The second-order valence-corrected chi connectivity index (χ2v) is 4.73. The summed E-state index contributed by atoms with van der Waals surface area (Å²) < 4.78 is 0. The molecule has 4 nitrogen and oxygen atoms in total. The van der Waals surface area contributed by atoms with Crippen LogP contribution in [0.3, 0.4) is 0 Å². The van der Waals surface area contributed by atoms with Crippen LogP contribution >= 0.6 is 11.3 Å². The first-order chi connectivity index (χ1) is 7.59. The van der Waals surface area contributed by atoms with Crippen LogP contribution in [0.25, 0.3) is 10.7 Å². The molecule has 0 fully saturated rings. The molecule has 0 amide bonds. The maximum Gasteiger partial charge on any atom is 0.258 e. The lowest BCUT2D eigenvalue weighted by Crippen LogP contribution is -2.16. The van der Waals surface area contributed by atoms with Crippen molar-refractivity contribution < 1.29 is 5.11 Å². The van der Waals surface area contributed by atoms with Gasteiger partial charge in [0, 0.05) is 0 Å². The lowest BCUT2D eigenvalue weighted by Gasteiger charge is -2.07. The van der Waals surface area contributed by atoms with Crippen LogP contribution in [0.4, 0.5) is 0 Å². The Bertz CT molecular complexity index is 544. The number of thiophene rings is 1. The summed E-state index contributed by atoms with van der Waals surface area (Å²) in [7, 11) is 0. The van der Waals surface area contributed by atoms with Gasteiger partial charge in [-0.05, 0) is 17.4 Å². The molecule has 0 radical (unpaired) electrons. The highest BCUT2D eigenvalue weighted by atomic mass is 32.1. The van der Waals surface area contributed by atoms with E-state index in [2.05, 4.69) is 9.97 Å². The van der Waals surface area contributed by atoms with Crippen molar-refractivity contribution in [1.29, 1.82) is 0 Å². The first kappa shape index (κ1) is 10.9. The van der Waals surface area contributed by atoms with E-state index < -0.39 is 0 Å². The van der Waals surface area contributed by atoms with Gasteiger partial charge in [0.05, 0.1) is 10.4 Å². The van der Waals surface area contributed by atoms with Gasteiger partial charge in [0.15, 0.2) is 5.82 Å². The minimum Gasteiger partial charge on any atom is -0.493 e. The number of aromatic amines is 1. The molecule has 84 valence electrons. The van der Waals surface area contributed by atoms with Gasteiger partial charge < -0.3 is 10.1 Å². The van der Waals surface area contributed by atoms with E-state index in [0.717, 1.165) is 4.88 Å². The van der Waals surface area contributed by atoms with Crippen molar-refractivity contribution in [2.75, 3.05) is 0 Å². The van der Waals surface area contributed by atoms with Crippen molar-refractivity contribution in [3.63, 3.8) is 0 Å². The zero-order chi connectivity index (χ0) is 11.7. The first-order valence-electron chi connectivity index (χ1n) is 4.96. The van der Waals surface area contributed by atoms with E-state index in [0.29, 0.717) is 11.4 Å². The fraction of sp³-hybridized carbons (Fsp3) is 0.273. The summed E-state index contributed by atoms with van der Waals surface area (Å²) in [5, 5.41) is 11.6. The van der Waals surface area contributed by atoms with Crippen LogP contribution in [0.15, 0.2) is 22.3 Å². The van der Waals surface area contributed by atoms with Gasteiger partial charge in [-0.3, -0.25) is 4.79 Å². The summed E-state index contributed by atoms with van der Waals surface area (Å²) in [5.41, 5.74) is 0.0613. The van der Waals surface area contributed by atoms with Crippen LogP contribution in [-0.2, 0) is 0 Å². The minimum absolute atomic E-state index is 0.0476. The van der Waals surface area contributed by atoms with Crippen LogP contribution in [0.2, 0.25) is 0 Å². The Hall–Kier alpha value is -1.62. The second-order valence-electron chi connectivity index (χ2n) is 3.78. The van der Waals surface area contributed by atoms with Crippen molar-refractivity contribution in [2.24, 2.45) is 0 Å². The van der Waals surface area contributed by atoms with Crippen molar-refractivity contribution in [2.45, 2.75) is 19.8 Å². The van der Waals surface area contributed by atoms with Crippen LogP contribution in [0, 0.1) is 0 Å². The molecule has 16 heavy (non-hydrogen) atoms. The molecule has 0 atom stereocenters. The third-order valence-corrected chi connectivity index (χ3v) is 3.14. The molecule has 0 aliphatic rings. The van der Waals surface area contributed by atoms with Crippen molar-refractivity contribution in [1.82, 2.24) is 9.97 Å². The summed E-state index contributed by atoms with van der Waals surface area (Å²) in [6.07, 6.45) is 0. The Kier molecular flexibility index (Phi) is 2.78. The molecule has 0 aliphatic heterocycles. The maximum absolute atomic E-state index is 11.7. The number of nitrogens with one attached hydrogen (secondary N) is 1. The highest BCUT2D eigenvalue weighted by Crippen LogP contribution is 2.24. The number of H-pyrrole nitrogens is 1. The molecule has 2 N–H and O–H groups in total. The molecule has 2 aromatic heterocycles. The Morgan fingerprint density at radius 3 is 2.75 bits per heavy atom. The van der Waals surface area contributed by atoms with Gasteiger partial charge in [0.2, 0.25) is 5.88 Å². The average Bonchev–Trinajstić information content (AvgIpc) is 2.67. The fourth-order valence-corrected chi connectivity index (χ4v) is 2.19. The average molecular weight is 236 g/mol. The van der Waals surface area contributed by atoms with Gasteiger partial charge in [-0.2, -0.15) is 4.98 Å². The fourth-order valence-electron chi connectivity index (χ4n) is 1.52. The SMILES string of the molecule is CC(C)c1c(O)nc(-c2cccs2)[nH]c1=O. The van der Waals surface area contributed by atoms with E-state index >= 15 is 0 Å². The molecule has 2 heterocycles. The number of aromatic nitrogens is 2. The standard InChI is InChI=1S/C11H12N2O2S/c1-6(2)8-10(14)12-9(13-11(8)15)7-4-3-5-16-7/h3-6H,1-2H3,(H2,12,13,14,15). The Morgan fingerprint density at radius 1 is 1.50 bits per heavy atom. The summed E-state index contributed by atoms with van der Waals surface area (Å²) in [6.45, 7) is 3.69. The maximum atomic E-state index is 11.7. The van der Waals surface area contributed by atoms with Crippen LogP contribution in [-0.4, -0.2) is 15.1 Å². The van der Waals surface area contributed by atoms with Crippen molar-refractivity contribution in [3.05, 3.63) is 33.4 Å². The molecule has 0 saturated heterocycles. The summed E-state index contributed by atoms with van der Waals surface area (Å²) >= 11 is 1.46. The molecule has 2 rings (SSSR count). The third-order valence-electron chi connectivity index (χ3n) is 2.27. The third kappa shape index (κ3) is 1.86. The van der Waals surface area contributed by atoms with E-state index in [1.165, 1.54) is 11.3 Å². The summed E-state index contributed by atoms with van der Waals surface area (Å²) in [6, 6.07) is 3.71. The van der Waals surface area contributed by atoms with E-state index in [4.69, 9.17) is 0 Å². The summed E-state index contributed by atoms with van der Waals surface area (Å²) in [5.74, 6) is 0.192.